The third-order valence-corrected chi connectivity index (χ3v) is 2.62. The van der Waals surface area contributed by atoms with Crippen LogP contribution in [0.2, 0.25) is 0 Å². The zero-order valence-electron chi connectivity index (χ0n) is 10.4. The van der Waals surface area contributed by atoms with Crippen LogP contribution >= 0.6 is 0 Å². The number of carbonyl (C=O) groups is 1. The topological polar surface area (TPSA) is 107 Å². The molecule has 0 fully saturated rings. The number of carboxylic acids is 1. The molecule has 1 aromatic rings. The largest absolute Gasteiger partial charge is 0.481 e. The van der Waals surface area contributed by atoms with Crippen LogP contribution in [-0.4, -0.2) is 29.1 Å². The quantitative estimate of drug-likeness (QED) is 0.619. The molecule has 0 spiro atoms. The standard InChI is InChI=1S/C12H13N3O4/c1-2-14(6-5-12(16)17)11-7-9(8-13)3-4-10(11)15(18)19/h3-4,7H,2,5-6H2,1H3,(H,16,17). The summed E-state index contributed by atoms with van der Waals surface area (Å²) < 4.78 is 0. The van der Waals surface area contributed by atoms with Crippen LogP contribution in [0.3, 0.4) is 0 Å². The third kappa shape index (κ3) is 3.67. The van der Waals surface area contributed by atoms with Gasteiger partial charge in [0, 0.05) is 19.2 Å². The van der Waals surface area contributed by atoms with Crippen LogP contribution in [0.5, 0.6) is 0 Å². The predicted molar refractivity (Wildman–Crippen MR) is 68.0 cm³/mol. The van der Waals surface area contributed by atoms with Crippen molar-refractivity contribution in [3.63, 3.8) is 0 Å². The number of rotatable bonds is 6. The summed E-state index contributed by atoms with van der Waals surface area (Å²) in [6.07, 6.45) is -0.123. The Morgan fingerprint density at radius 2 is 2.26 bits per heavy atom. The Labute approximate surface area is 109 Å². The van der Waals surface area contributed by atoms with Crippen LogP contribution in [0.1, 0.15) is 18.9 Å². The van der Waals surface area contributed by atoms with Crippen LogP contribution in [0.4, 0.5) is 11.4 Å². The Hall–Kier alpha value is -2.62. The number of nitrogens with zero attached hydrogens (tertiary/aromatic N) is 3. The van der Waals surface area contributed by atoms with E-state index in [0.29, 0.717) is 12.1 Å². The molecule has 19 heavy (non-hydrogen) atoms. The summed E-state index contributed by atoms with van der Waals surface area (Å²) in [5.74, 6) is -0.974. The first-order valence-electron chi connectivity index (χ1n) is 5.64. The maximum Gasteiger partial charge on any atom is 0.305 e. The minimum absolute atomic E-state index is 0.123. The molecule has 7 nitrogen and oxygen atoms in total. The molecular formula is C12H13N3O4. The van der Waals surface area contributed by atoms with Gasteiger partial charge in [0.05, 0.1) is 23.0 Å². The molecule has 0 saturated carbocycles. The van der Waals surface area contributed by atoms with Gasteiger partial charge in [-0.1, -0.05) is 0 Å². The minimum atomic E-state index is -0.974. The zero-order valence-corrected chi connectivity index (χ0v) is 10.4. The molecule has 0 saturated heterocycles. The van der Waals surface area contributed by atoms with Crippen molar-refractivity contribution < 1.29 is 14.8 Å². The lowest BCUT2D eigenvalue weighted by atomic mass is 10.1. The molecule has 1 rings (SSSR count). The van der Waals surface area contributed by atoms with Gasteiger partial charge in [-0.15, -0.1) is 0 Å². The second kappa shape index (κ2) is 6.35. The summed E-state index contributed by atoms with van der Waals surface area (Å²) in [7, 11) is 0. The van der Waals surface area contributed by atoms with Crippen molar-refractivity contribution >= 4 is 17.3 Å². The highest BCUT2D eigenvalue weighted by Crippen LogP contribution is 2.29. The Kier molecular flexibility index (Phi) is 4.83. The molecule has 0 heterocycles. The van der Waals surface area contributed by atoms with E-state index in [1.54, 1.807) is 11.8 Å². The van der Waals surface area contributed by atoms with Gasteiger partial charge in [0.25, 0.3) is 5.69 Å². The van der Waals surface area contributed by atoms with Crippen LogP contribution in [0.15, 0.2) is 18.2 Å². The van der Waals surface area contributed by atoms with E-state index in [4.69, 9.17) is 10.4 Å². The van der Waals surface area contributed by atoms with E-state index in [2.05, 4.69) is 0 Å². The molecule has 0 aliphatic rings. The molecule has 0 atom stereocenters. The molecule has 0 aromatic heterocycles. The molecule has 0 amide bonds. The van der Waals surface area contributed by atoms with Crippen molar-refractivity contribution in [1.29, 1.82) is 5.26 Å². The lowest BCUT2D eigenvalue weighted by molar-refractivity contribution is -0.384. The molecule has 0 bridgehead atoms. The maximum atomic E-state index is 11.0. The summed E-state index contributed by atoms with van der Waals surface area (Å²) in [5.41, 5.74) is 0.438. The van der Waals surface area contributed by atoms with E-state index in [0.717, 1.165) is 0 Å². The van der Waals surface area contributed by atoms with Gasteiger partial charge >= 0.3 is 5.97 Å². The predicted octanol–water partition coefficient (Wildman–Crippen LogP) is 1.77. The fraction of sp³-hybridized carbons (Fsp3) is 0.333. The molecule has 100 valence electrons. The van der Waals surface area contributed by atoms with Crippen LogP contribution in [-0.2, 0) is 4.79 Å². The van der Waals surface area contributed by atoms with E-state index >= 15 is 0 Å². The highest BCUT2D eigenvalue weighted by Gasteiger charge is 2.19. The number of anilines is 1. The summed E-state index contributed by atoms with van der Waals surface area (Å²) in [4.78, 5) is 22.6. The van der Waals surface area contributed by atoms with Gasteiger partial charge < -0.3 is 10.0 Å². The molecule has 7 heteroatoms. The smallest absolute Gasteiger partial charge is 0.305 e. The van der Waals surface area contributed by atoms with Crippen LogP contribution < -0.4 is 4.90 Å². The molecular weight excluding hydrogens is 250 g/mol. The maximum absolute atomic E-state index is 11.0. The Balaban J connectivity index is 3.16. The lowest BCUT2D eigenvalue weighted by Gasteiger charge is -2.22. The second-order valence-electron chi connectivity index (χ2n) is 3.80. The zero-order chi connectivity index (χ0) is 14.4. The van der Waals surface area contributed by atoms with Crippen molar-refractivity contribution in [2.45, 2.75) is 13.3 Å². The van der Waals surface area contributed by atoms with E-state index in [1.807, 2.05) is 6.07 Å². The lowest BCUT2D eigenvalue weighted by Crippen LogP contribution is -2.26. The summed E-state index contributed by atoms with van der Waals surface area (Å²) >= 11 is 0. The number of hydrogen-bond acceptors (Lipinski definition) is 5. The normalized spacial score (nSPS) is 9.68. The van der Waals surface area contributed by atoms with Gasteiger partial charge in [0.2, 0.25) is 0 Å². The van der Waals surface area contributed by atoms with Crippen molar-refractivity contribution in [2.75, 3.05) is 18.0 Å². The average molecular weight is 263 g/mol. The highest BCUT2D eigenvalue weighted by molar-refractivity contribution is 5.70. The van der Waals surface area contributed by atoms with Gasteiger partial charge in [-0.05, 0) is 19.1 Å². The van der Waals surface area contributed by atoms with Crippen molar-refractivity contribution in [3.05, 3.63) is 33.9 Å². The highest BCUT2D eigenvalue weighted by atomic mass is 16.6. The number of carboxylic acid groups (broad SMARTS) is 1. The number of benzene rings is 1. The van der Waals surface area contributed by atoms with Crippen LogP contribution in [0, 0.1) is 21.4 Å². The summed E-state index contributed by atoms with van der Waals surface area (Å²) in [5, 5.41) is 28.5. The van der Waals surface area contributed by atoms with Crippen molar-refractivity contribution in [3.8, 4) is 6.07 Å². The number of aliphatic carboxylic acids is 1. The van der Waals surface area contributed by atoms with Crippen molar-refractivity contribution in [1.82, 2.24) is 0 Å². The first-order valence-corrected chi connectivity index (χ1v) is 5.64. The van der Waals surface area contributed by atoms with Crippen LogP contribution in [0.25, 0.3) is 0 Å². The first-order chi connectivity index (χ1) is 8.99. The van der Waals surface area contributed by atoms with Gasteiger partial charge in [0.1, 0.15) is 5.69 Å². The Morgan fingerprint density at radius 1 is 1.58 bits per heavy atom. The molecule has 0 aliphatic carbocycles. The first kappa shape index (κ1) is 14.4. The van der Waals surface area contributed by atoms with Gasteiger partial charge in [-0.25, -0.2) is 0 Å². The number of nitriles is 1. The van der Waals surface area contributed by atoms with Gasteiger partial charge in [-0.2, -0.15) is 5.26 Å². The summed E-state index contributed by atoms with van der Waals surface area (Å²) in [6.45, 7) is 2.34. The second-order valence-corrected chi connectivity index (χ2v) is 3.80. The van der Waals surface area contributed by atoms with Gasteiger partial charge in [-0.3, -0.25) is 14.9 Å². The summed E-state index contributed by atoms with van der Waals surface area (Å²) in [6, 6.07) is 5.95. The number of hydrogen-bond donors (Lipinski definition) is 1. The Morgan fingerprint density at radius 3 is 2.74 bits per heavy atom. The fourth-order valence-electron chi connectivity index (χ4n) is 1.68. The van der Waals surface area contributed by atoms with E-state index in [-0.39, 0.29) is 24.3 Å². The molecule has 1 aromatic carbocycles. The van der Waals surface area contributed by atoms with E-state index < -0.39 is 10.9 Å². The minimum Gasteiger partial charge on any atom is -0.481 e. The molecule has 0 unspecified atom stereocenters. The number of nitro groups is 1. The third-order valence-electron chi connectivity index (χ3n) is 2.62. The SMILES string of the molecule is CCN(CCC(=O)O)c1cc(C#N)ccc1[N+](=O)[O-]. The van der Waals surface area contributed by atoms with Crippen molar-refractivity contribution in [2.24, 2.45) is 0 Å². The molecule has 1 N–H and O–H groups in total. The van der Waals surface area contributed by atoms with E-state index in [9.17, 15) is 14.9 Å². The molecule has 0 radical (unpaired) electrons. The molecule has 0 aliphatic heterocycles. The fourth-order valence-corrected chi connectivity index (χ4v) is 1.68. The average Bonchev–Trinajstić information content (AvgIpc) is 2.38. The number of nitro benzene ring substituents is 1. The Bertz CT molecular complexity index is 536. The van der Waals surface area contributed by atoms with E-state index in [1.165, 1.54) is 18.2 Å². The monoisotopic (exact) mass is 263 g/mol. The van der Waals surface area contributed by atoms with Gasteiger partial charge in [0.15, 0.2) is 0 Å².